The van der Waals surface area contributed by atoms with Gasteiger partial charge >= 0.3 is 7.12 Å². The Hall–Kier alpha value is -0.735. The van der Waals surface area contributed by atoms with Crippen LogP contribution in [-0.2, 0) is 9.31 Å². The quantitative estimate of drug-likeness (QED) is 0.632. The minimum atomic E-state index is -0.262. The summed E-state index contributed by atoms with van der Waals surface area (Å²) in [4.78, 5) is 2.13. The third kappa shape index (κ3) is 1.92. The molecule has 16 heavy (non-hydrogen) atoms. The zero-order valence-electron chi connectivity index (χ0n) is 10.8. The molecular weight excluding hydrogens is 201 g/mol. The number of allylic oxidation sites excluding steroid dienone is 2. The molecule has 1 fully saturated rings. The standard InChI is InChI=1S/C12H20BNO2/c1-11(2)12(3,4)16-13(15-11)10-7-6-8-14(5)9-10/h6-7,9H,8H2,1-5H3. The lowest BCUT2D eigenvalue weighted by Crippen LogP contribution is -2.41. The zero-order chi connectivity index (χ0) is 12.0. The van der Waals surface area contributed by atoms with Gasteiger partial charge in [-0.25, -0.2) is 0 Å². The second-order valence-electron chi connectivity index (χ2n) is 5.56. The molecule has 0 atom stereocenters. The largest absolute Gasteiger partial charge is 0.496 e. The molecule has 2 aliphatic heterocycles. The van der Waals surface area contributed by atoms with Crippen LogP contribution >= 0.6 is 0 Å². The smallest absolute Gasteiger partial charge is 0.399 e. The van der Waals surface area contributed by atoms with Gasteiger partial charge < -0.3 is 14.2 Å². The Kier molecular flexibility index (Phi) is 2.67. The van der Waals surface area contributed by atoms with Crippen molar-refractivity contribution >= 4 is 7.12 Å². The molecule has 2 aliphatic rings. The van der Waals surface area contributed by atoms with Crippen molar-refractivity contribution < 1.29 is 9.31 Å². The Labute approximate surface area is 98.2 Å². The van der Waals surface area contributed by atoms with Gasteiger partial charge in [-0.1, -0.05) is 12.2 Å². The molecule has 0 bridgehead atoms. The van der Waals surface area contributed by atoms with E-state index in [1.807, 2.05) is 0 Å². The van der Waals surface area contributed by atoms with E-state index in [9.17, 15) is 0 Å². The molecule has 2 rings (SSSR count). The lowest BCUT2D eigenvalue weighted by atomic mass is 9.77. The fraction of sp³-hybridized carbons (Fsp3) is 0.667. The molecule has 88 valence electrons. The molecule has 0 aromatic carbocycles. The van der Waals surface area contributed by atoms with Crippen LogP contribution in [0.5, 0.6) is 0 Å². The molecular formula is C12H20BNO2. The lowest BCUT2D eigenvalue weighted by Gasteiger charge is -2.32. The first kappa shape index (κ1) is 11.7. The van der Waals surface area contributed by atoms with Crippen LogP contribution in [0.15, 0.2) is 23.8 Å². The van der Waals surface area contributed by atoms with E-state index in [2.05, 4.69) is 58.0 Å². The fourth-order valence-corrected chi connectivity index (χ4v) is 1.82. The molecule has 4 heteroatoms. The molecule has 0 aromatic rings. The third-order valence-corrected chi connectivity index (χ3v) is 3.60. The SMILES string of the molecule is CN1C=C(B2OC(C)(C)C(C)(C)O2)C=CC1. The van der Waals surface area contributed by atoms with Crippen LogP contribution in [0.2, 0.25) is 0 Å². The van der Waals surface area contributed by atoms with Crippen molar-refractivity contribution in [2.24, 2.45) is 0 Å². The van der Waals surface area contributed by atoms with Gasteiger partial charge in [0.1, 0.15) is 0 Å². The van der Waals surface area contributed by atoms with Gasteiger partial charge in [0.25, 0.3) is 0 Å². The van der Waals surface area contributed by atoms with Crippen molar-refractivity contribution in [2.45, 2.75) is 38.9 Å². The highest BCUT2D eigenvalue weighted by atomic mass is 16.7. The maximum absolute atomic E-state index is 5.98. The van der Waals surface area contributed by atoms with Crippen molar-refractivity contribution in [3.63, 3.8) is 0 Å². The molecule has 0 N–H and O–H groups in total. The van der Waals surface area contributed by atoms with E-state index in [-0.39, 0.29) is 18.3 Å². The number of rotatable bonds is 1. The Balaban J connectivity index is 2.18. The molecule has 0 saturated carbocycles. The van der Waals surface area contributed by atoms with Crippen LogP contribution in [0.4, 0.5) is 0 Å². The summed E-state index contributed by atoms with van der Waals surface area (Å²) < 4.78 is 12.0. The molecule has 0 radical (unpaired) electrons. The maximum atomic E-state index is 5.98. The maximum Gasteiger partial charge on any atom is 0.496 e. The van der Waals surface area contributed by atoms with Crippen LogP contribution in [0.3, 0.4) is 0 Å². The highest BCUT2D eigenvalue weighted by Crippen LogP contribution is 2.38. The van der Waals surface area contributed by atoms with Crippen LogP contribution in [0.1, 0.15) is 27.7 Å². The molecule has 0 amide bonds. The fourth-order valence-electron chi connectivity index (χ4n) is 1.82. The number of hydrogen-bond donors (Lipinski definition) is 0. The van der Waals surface area contributed by atoms with Crippen molar-refractivity contribution in [1.29, 1.82) is 0 Å². The zero-order valence-corrected chi connectivity index (χ0v) is 10.8. The van der Waals surface area contributed by atoms with E-state index >= 15 is 0 Å². The summed E-state index contributed by atoms with van der Waals surface area (Å²) in [5.41, 5.74) is 0.567. The third-order valence-electron chi connectivity index (χ3n) is 3.60. The highest BCUT2D eigenvalue weighted by molar-refractivity contribution is 6.55. The summed E-state index contributed by atoms with van der Waals surface area (Å²) in [7, 11) is 1.80. The lowest BCUT2D eigenvalue weighted by molar-refractivity contribution is 0.00578. The summed E-state index contributed by atoms with van der Waals surface area (Å²) >= 11 is 0. The molecule has 0 aromatic heterocycles. The van der Waals surface area contributed by atoms with Crippen LogP contribution in [0.25, 0.3) is 0 Å². The molecule has 0 aliphatic carbocycles. The summed E-state index contributed by atoms with van der Waals surface area (Å²) in [6.45, 7) is 9.24. The van der Waals surface area contributed by atoms with Gasteiger partial charge in [0, 0.05) is 13.6 Å². The van der Waals surface area contributed by atoms with Crippen molar-refractivity contribution in [2.75, 3.05) is 13.6 Å². The summed E-state index contributed by atoms with van der Waals surface area (Å²) in [6, 6.07) is 0. The summed E-state index contributed by atoms with van der Waals surface area (Å²) in [6.07, 6.45) is 6.30. The predicted octanol–water partition coefficient (Wildman–Crippen LogP) is 2.00. The number of hydrogen-bond acceptors (Lipinski definition) is 3. The van der Waals surface area contributed by atoms with E-state index in [4.69, 9.17) is 9.31 Å². The van der Waals surface area contributed by atoms with Crippen LogP contribution in [0, 0.1) is 0 Å². The van der Waals surface area contributed by atoms with Gasteiger partial charge in [-0.3, -0.25) is 0 Å². The van der Waals surface area contributed by atoms with Gasteiger partial charge in [-0.15, -0.1) is 0 Å². The minimum absolute atomic E-state index is 0.246. The van der Waals surface area contributed by atoms with Gasteiger partial charge in [-0.05, 0) is 39.4 Å². The van der Waals surface area contributed by atoms with E-state index in [0.717, 1.165) is 12.0 Å². The minimum Gasteiger partial charge on any atom is -0.399 e. The normalized spacial score (nSPS) is 27.2. The highest BCUT2D eigenvalue weighted by Gasteiger charge is 2.52. The first-order valence-corrected chi connectivity index (χ1v) is 5.76. The molecule has 0 spiro atoms. The van der Waals surface area contributed by atoms with Gasteiger partial charge in [0.15, 0.2) is 0 Å². The van der Waals surface area contributed by atoms with Crippen molar-refractivity contribution in [3.8, 4) is 0 Å². The van der Waals surface area contributed by atoms with Gasteiger partial charge in [0.2, 0.25) is 0 Å². The Morgan fingerprint density at radius 1 is 1.19 bits per heavy atom. The van der Waals surface area contributed by atoms with Gasteiger partial charge in [-0.2, -0.15) is 0 Å². The second-order valence-corrected chi connectivity index (χ2v) is 5.56. The molecule has 0 unspecified atom stereocenters. The van der Waals surface area contributed by atoms with E-state index in [0.29, 0.717) is 0 Å². The number of likely N-dealkylation sites (N-methyl/N-ethyl adjacent to an activating group) is 1. The molecule has 3 nitrogen and oxygen atoms in total. The van der Waals surface area contributed by atoms with Crippen LogP contribution in [-0.4, -0.2) is 36.8 Å². The second kappa shape index (κ2) is 3.64. The van der Waals surface area contributed by atoms with E-state index in [1.54, 1.807) is 0 Å². The van der Waals surface area contributed by atoms with Crippen molar-refractivity contribution in [1.82, 2.24) is 4.90 Å². The Morgan fingerprint density at radius 3 is 2.25 bits per heavy atom. The predicted molar refractivity (Wildman–Crippen MR) is 65.9 cm³/mol. The Morgan fingerprint density at radius 2 is 1.75 bits per heavy atom. The first-order chi connectivity index (χ1) is 7.32. The summed E-state index contributed by atoms with van der Waals surface area (Å²) in [5.74, 6) is 0. The summed E-state index contributed by atoms with van der Waals surface area (Å²) in [5, 5.41) is 0. The average Bonchev–Trinajstić information content (AvgIpc) is 2.36. The molecule has 2 heterocycles. The average molecular weight is 221 g/mol. The van der Waals surface area contributed by atoms with E-state index in [1.165, 1.54) is 0 Å². The van der Waals surface area contributed by atoms with Crippen molar-refractivity contribution in [3.05, 3.63) is 23.8 Å². The monoisotopic (exact) mass is 221 g/mol. The van der Waals surface area contributed by atoms with E-state index < -0.39 is 0 Å². The topological polar surface area (TPSA) is 21.7 Å². The number of nitrogens with zero attached hydrogens (tertiary/aromatic N) is 1. The van der Waals surface area contributed by atoms with Gasteiger partial charge in [0.05, 0.1) is 11.2 Å². The Bertz CT molecular complexity index is 331. The first-order valence-electron chi connectivity index (χ1n) is 5.76. The van der Waals surface area contributed by atoms with Crippen LogP contribution < -0.4 is 0 Å². The molecule has 1 saturated heterocycles.